The Morgan fingerprint density at radius 1 is 1.23 bits per heavy atom. The number of hydrogen-bond acceptors (Lipinski definition) is 7. The number of carbonyl (C=O) groups excluding carboxylic acids is 3. The number of anilines is 1. The number of benzene rings is 2. The van der Waals surface area contributed by atoms with Gasteiger partial charge in [0.2, 0.25) is 0 Å². The van der Waals surface area contributed by atoms with Gasteiger partial charge in [-0.05, 0) is 42.3 Å². The van der Waals surface area contributed by atoms with Crippen molar-refractivity contribution < 1.29 is 33.4 Å². The first-order chi connectivity index (χ1) is 18.6. The third kappa shape index (κ3) is 5.85. The summed E-state index contributed by atoms with van der Waals surface area (Å²) >= 11 is 0. The van der Waals surface area contributed by atoms with E-state index in [0.29, 0.717) is 29.2 Å². The molecule has 0 unspecified atom stereocenters. The maximum Gasteiger partial charge on any atom is 0.342 e. The van der Waals surface area contributed by atoms with Crippen LogP contribution in [-0.2, 0) is 16.0 Å². The van der Waals surface area contributed by atoms with Crippen molar-refractivity contribution in [3.8, 4) is 11.5 Å². The highest BCUT2D eigenvalue weighted by Gasteiger charge is 2.39. The molecule has 12 heteroatoms. The Hall–Kier alpha value is -4.45. The summed E-state index contributed by atoms with van der Waals surface area (Å²) in [5, 5.41) is 16.5. The van der Waals surface area contributed by atoms with Crippen LogP contribution in [0.25, 0.3) is 0 Å². The number of hydrogen-bond donors (Lipinski definition) is 2. The van der Waals surface area contributed by atoms with Gasteiger partial charge in [0.1, 0.15) is 30.0 Å². The summed E-state index contributed by atoms with van der Waals surface area (Å²) in [7, 11) is 1.55. The molecule has 5 rings (SSSR count). The van der Waals surface area contributed by atoms with Crippen molar-refractivity contribution in [3.05, 3.63) is 71.8 Å². The molecular formula is C27H28FN5O6. The van der Waals surface area contributed by atoms with E-state index in [2.05, 4.69) is 10.4 Å². The van der Waals surface area contributed by atoms with Crippen LogP contribution in [-0.4, -0.2) is 82.6 Å². The standard InChI is InChI=1S/C27H28FN5O6/c1-27(37)15-32(16-27)24(34)14-38-20-6-7-23-22(10-20)31(2)25(35)21(13-39-23)30-26(36)33-12-18(11-29-33)8-17-4-3-5-19(28)9-17/h3-7,9-12,21,37H,8,13-16H2,1-2H3,(H,30,36)/t21-/m0/s1. The molecule has 2 aromatic carbocycles. The van der Waals surface area contributed by atoms with Gasteiger partial charge in [0, 0.05) is 25.7 Å². The second-order valence-electron chi connectivity index (χ2n) is 9.98. The third-order valence-corrected chi connectivity index (χ3v) is 6.54. The first kappa shape index (κ1) is 26.2. The number of aliphatic hydroxyl groups is 1. The Kier molecular flexibility index (Phi) is 6.96. The molecule has 2 aliphatic rings. The smallest absolute Gasteiger partial charge is 0.342 e. The van der Waals surface area contributed by atoms with Crippen LogP contribution in [0.4, 0.5) is 14.9 Å². The van der Waals surface area contributed by atoms with Gasteiger partial charge in [0.05, 0.1) is 30.6 Å². The highest BCUT2D eigenvalue weighted by Crippen LogP contribution is 2.34. The monoisotopic (exact) mass is 537 g/mol. The summed E-state index contributed by atoms with van der Waals surface area (Å²) < 4.78 is 26.0. The minimum atomic E-state index is -0.990. The molecule has 0 radical (unpaired) electrons. The van der Waals surface area contributed by atoms with Crippen LogP contribution in [0.15, 0.2) is 54.9 Å². The highest BCUT2D eigenvalue weighted by molar-refractivity contribution is 6.00. The Balaban J connectivity index is 1.20. The van der Waals surface area contributed by atoms with Gasteiger partial charge in [-0.2, -0.15) is 9.78 Å². The number of likely N-dealkylation sites (tertiary alicyclic amines) is 1. The minimum absolute atomic E-state index is 0.104. The van der Waals surface area contributed by atoms with Gasteiger partial charge in [0.25, 0.3) is 11.8 Å². The fourth-order valence-electron chi connectivity index (χ4n) is 4.52. The number of carbonyl (C=O) groups is 3. The van der Waals surface area contributed by atoms with Gasteiger partial charge < -0.3 is 29.7 Å². The first-order valence-corrected chi connectivity index (χ1v) is 12.3. The molecule has 2 N–H and O–H groups in total. The van der Waals surface area contributed by atoms with Gasteiger partial charge in [0.15, 0.2) is 6.61 Å². The number of rotatable bonds is 6. The summed E-state index contributed by atoms with van der Waals surface area (Å²) in [5.41, 5.74) is 0.997. The second kappa shape index (κ2) is 10.4. The minimum Gasteiger partial charge on any atom is -0.489 e. The van der Waals surface area contributed by atoms with Gasteiger partial charge in [-0.15, -0.1) is 0 Å². The van der Waals surface area contributed by atoms with E-state index in [4.69, 9.17) is 9.47 Å². The SMILES string of the molecule is CN1C(=O)[C@@H](NC(=O)n2cc(Cc3cccc(F)c3)cn2)COc2ccc(OCC(=O)N3CC(C)(O)C3)cc21. The van der Waals surface area contributed by atoms with E-state index >= 15 is 0 Å². The zero-order chi connectivity index (χ0) is 27.7. The zero-order valence-electron chi connectivity index (χ0n) is 21.5. The van der Waals surface area contributed by atoms with Crippen molar-refractivity contribution in [2.24, 2.45) is 0 Å². The predicted molar refractivity (Wildman–Crippen MR) is 137 cm³/mol. The third-order valence-electron chi connectivity index (χ3n) is 6.54. The molecule has 0 spiro atoms. The van der Waals surface area contributed by atoms with Gasteiger partial charge in [-0.1, -0.05) is 12.1 Å². The van der Waals surface area contributed by atoms with E-state index in [-0.39, 0.29) is 38.0 Å². The number of β-amino-alcohol motifs (C(OH)–C–C–N with tert-alkyl or cyclic N) is 1. The average molecular weight is 538 g/mol. The molecule has 11 nitrogen and oxygen atoms in total. The molecule has 3 heterocycles. The molecule has 1 atom stereocenters. The van der Waals surface area contributed by atoms with Crippen LogP contribution in [0, 0.1) is 5.82 Å². The number of halogens is 1. The lowest BCUT2D eigenvalue weighted by molar-refractivity contribution is -0.154. The number of ether oxygens (including phenoxy) is 2. The molecule has 1 saturated heterocycles. The molecule has 204 valence electrons. The van der Waals surface area contributed by atoms with E-state index in [9.17, 15) is 23.9 Å². The van der Waals surface area contributed by atoms with Crippen molar-refractivity contribution in [3.63, 3.8) is 0 Å². The van der Waals surface area contributed by atoms with Gasteiger partial charge in [-0.25, -0.2) is 9.18 Å². The summed E-state index contributed by atoms with van der Waals surface area (Å²) in [4.78, 5) is 41.1. The molecule has 3 amide bonds. The lowest BCUT2D eigenvalue weighted by atomic mass is 9.97. The van der Waals surface area contributed by atoms with Crippen molar-refractivity contribution >= 4 is 23.5 Å². The Morgan fingerprint density at radius 2 is 2.03 bits per heavy atom. The summed E-state index contributed by atoms with van der Waals surface area (Å²) in [6.07, 6.45) is 3.42. The van der Waals surface area contributed by atoms with Gasteiger partial charge >= 0.3 is 6.03 Å². The van der Waals surface area contributed by atoms with Crippen LogP contribution in [0.3, 0.4) is 0 Å². The summed E-state index contributed by atoms with van der Waals surface area (Å²) in [6.45, 7) is 1.85. The Bertz CT molecular complexity index is 1420. The maximum atomic E-state index is 13.5. The van der Waals surface area contributed by atoms with Crippen LogP contribution < -0.4 is 19.7 Å². The molecule has 0 aliphatic carbocycles. The second-order valence-corrected chi connectivity index (χ2v) is 9.98. The van der Waals surface area contributed by atoms with E-state index < -0.39 is 23.6 Å². The van der Waals surface area contributed by atoms with Crippen molar-refractivity contribution in [1.82, 2.24) is 20.0 Å². The topological polar surface area (TPSA) is 126 Å². The van der Waals surface area contributed by atoms with Crippen LogP contribution in [0.1, 0.15) is 18.1 Å². The lowest BCUT2D eigenvalue weighted by Crippen LogP contribution is -2.62. The largest absolute Gasteiger partial charge is 0.489 e. The van der Waals surface area contributed by atoms with E-state index in [0.717, 1.165) is 10.2 Å². The molecule has 3 aromatic rings. The van der Waals surface area contributed by atoms with Crippen molar-refractivity contribution in [2.75, 3.05) is 38.3 Å². The number of aromatic nitrogens is 2. The molecule has 0 saturated carbocycles. The average Bonchev–Trinajstić information content (AvgIpc) is 3.32. The fourth-order valence-corrected chi connectivity index (χ4v) is 4.52. The van der Waals surface area contributed by atoms with Crippen LogP contribution >= 0.6 is 0 Å². The Labute approximate surface area is 223 Å². The first-order valence-electron chi connectivity index (χ1n) is 12.3. The zero-order valence-corrected chi connectivity index (χ0v) is 21.5. The predicted octanol–water partition coefficient (Wildman–Crippen LogP) is 1.57. The molecular weight excluding hydrogens is 509 g/mol. The summed E-state index contributed by atoms with van der Waals surface area (Å²) in [6, 6.07) is 9.40. The van der Waals surface area contributed by atoms with Gasteiger partial charge in [-0.3, -0.25) is 9.59 Å². The Morgan fingerprint density at radius 3 is 2.77 bits per heavy atom. The number of nitrogens with one attached hydrogen (secondary N) is 1. The van der Waals surface area contributed by atoms with Crippen LogP contribution in [0.2, 0.25) is 0 Å². The molecule has 0 bridgehead atoms. The van der Waals surface area contributed by atoms with Crippen LogP contribution in [0.5, 0.6) is 11.5 Å². The van der Waals surface area contributed by atoms with E-state index in [1.165, 1.54) is 34.3 Å². The van der Waals surface area contributed by atoms with E-state index in [1.807, 2.05) is 0 Å². The normalized spacial score (nSPS) is 17.9. The number of fused-ring (bicyclic) bond motifs is 1. The molecule has 2 aliphatic heterocycles. The fraction of sp³-hybridized carbons (Fsp3) is 0.333. The highest BCUT2D eigenvalue weighted by atomic mass is 19.1. The molecule has 1 aromatic heterocycles. The molecule has 1 fully saturated rings. The number of likely N-dealkylation sites (N-methyl/N-ethyl adjacent to an activating group) is 1. The summed E-state index contributed by atoms with van der Waals surface area (Å²) in [5.74, 6) is -0.231. The maximum absolute atomic E-state index is 13.5. The lowest BCUT2D eigenvalue weighted by Gasteiger charge is -2.43. The molecule has 39 heavy (non-hydrogen) atoms. The number of nitrogens with zero attached hydrogens (tertiary/aromatic N) is 4. The quantitative estimate of drug-likeness (QED) is 0.489. The number of amides is 3. The van der Waals surface area contributed by atoms with Crippen molar-refractivity contribution in [1.29, 1.82) is 0 Å². The van der Waals surface area contributed by atoms with E-state index in [1.54, 1.807) is 44.3 Å². The van der Waals surface area contributed by atoms with Crippen molar-refractivity contribution in [2.45, 2.75) is 25.0 Å².